The normalized spacial score (nSPS) is 17.0. The van der Waals surface area contributed by atoms with Gasteiger partial charge < -0.3 is 9.80 Å². The average Bonchev–Trinajstić information content (AvgIpc) is 3.09. The molecule has 1 amide bonds. The molecule has 0 unspecified atom stereocenters. The Morgan fingerprint density at radius 2 is 1.88 bits per heavy atom. The summed E-state index contributed by atoms with van der Waals surface area (Å²) in [5, 5.41) is 8.76. The Kier molecular flexibility index (Phi) is 4.39. The van der Waals surface area contributed by atoms with E-state index in [1.54, 1.807) is 0 Å². The highest BCUT2D eigenvalue weighted by Crippen LogP contribution is 2.23. The summed E-state index contributed by atoms with van der Waals surface area (Å²) in [4.78, 5) is 16.8. The van der Waals surface area contributed by atoms with Gasteiger partial charge in [-0.1, -0.05) is 6.07 Å². The lowest BCUT2D eigenvalue weighted by atomic mass is 10.2. The zero-order valence-electron chi connectivity index (χ0n) is 13.4. The summed E-state index contributed by atoms with van der Waals surface area (Å²) in [6.45, 7) is 3.07. The molecule has 0 radical (unpaired) electrons. The highest BCUT2D eigenvalue weighted by atomic mass is 127. The molecule has 4 rings (SSSR count). The SMILES string of the molecule is O=C(c1cccc(I)c1)N1CCN(c2cc3c(nn2)CCC3)CC1. The van der Waals surface area contributed by atoms with Crippen LogP contribution in [0.2, 0.25) is 0 Å². The molecule has 0 saturated carbocycles. The van der Waals surface area contributed by atoms with E-state index in [9.17, 15) is 4.79 Å². The number of aryl methyl sites for hydroxylation is 2. The van der Waals surface area contributed by atoms with Crippen molar-refractivity contribution in [2.45, 2.75) is 19.3 Å². The topological polar surface area (TPSA) is 49.3 Å². The number of carbonyl (C=O) groups excluding carboxylic acids is 1. The van der Waals surface area contributed by atoms with Gasteiger partial charge in [-0.2, -0.15) is 5.10 Å². The van der Waals surface area contributed by atoms with Crippen molar-refractivity contribution in [1.82, 2.24) is 15.1 Å². The van der Waals surface area contributed by atoms with Crippen LogP contribution < -0.4 is 4.90 Å². The van der Waals surface area contributed by atoms with Gasteiger partial charge >= 0.3 is 0 Å². The van der Waals surface area contributed by atoms with E-state index in [2.05, 4.69) is 43.8 Å². The van der Waals surface area contributed by atoms with Crippen molar-refractivity contribution in [2.75, 3.05) is 31.1 Å². The summed E-state index contributed by atoms with van der Waals surface area (Å²) in [5.41, 5.74) is 3.27. The van der Waals surface area contributed by atoms with Gasteiger partial charge in [0.1, 0.15) is 0 Å². The van der Waals surface area contributed by atoms with Gasteiger partial charge in [0.25, 0.3) is 5.91 Å². The summed E-state index contributed by atoms with van der Waals surface area (Å²) in [5.74, 6) is 1.07. The largest absolute Gasteiger partial charge is 0.352 e. The number of aromatic nitrogens is 2. The number of rotatable bonds is 2. The predicted octanol–water partition coefficient (Wildman–Crippen LogP) is 2.53. The molecule has 6 heteroatoms. The summed E-state index contributed by atoms with van der Waals surface area (Å²) in [7, 11) is 0. The fourth-order valence-electron chi connectivity index (χ4n) is 3.41. The van der Waals surface area contributed by atoms with Crippen LogP contribution in [0.15, 0.2) is 30.3 Å². The van der Waals surface area contributed by atoms with Gasteiger partial charge in [0.05, 0.1) is 5.69 Å². The molecule has 2 aromatic rings. The van der Waals surface area contributed by atoms with Gasteiger partial charge in [0.2, 0.25) is 0 Å². The van der Waals surface area contributed by atoms with Crippen LogP contribution in [-0.2, 0) is 12.8 Å². The van der Waals surface area contributed by atoms with Crippen LogP contribution in [-0.4, -0.2) is 47.2 Å². The fourth-order valence-corrected chi connectivity index (χ4v) is 3.96. The first-order valence-electron chi connectivity index (χ1n) is 8.36. The molecule has 0 atom stereocenters. The molecule has 1 aromatic heterocycles. The number of benzene rings is 1. The van der Waals surface area contributed by atoms with Crippen LogP contribution in [0.1, 0.15) is 28.0 Å². The van der Waals surface area contributed by atoms with E-state index in [4.69, 9.17) is 0 Å². The number of piperazine rings is 1. The molecule has 1 aliphatic heterocycles. The van der Waals surface area contributed by atoms with Crippen molar-refractivity contribution in [3.05, 3.63) is 50.7 Å². The number of carbonyl (C=O) groups is 1. The first kappa shape index (κ1) is 15.8. The summed E-state index contributed by atoms with van der Waals surface area (Å²) >= 11 is 2.24. The number of nitrogens with zero attached hydrogens (tertiary/aromatic N) is 4. The number of anilines is 1. The minimum absolute atomic E-state index is 0.119. The zero-order chi connectivity index (χ0) is 16.5. The third-order valence-corrected chi connectivity index (χ3v) is 5.44. The van der Waals surface area contributed by atoms with Crippen molar-refractivity contribution in [2.24, 2.45) is 0 Å². The van der Waals surface area contributed by atoms with Crippen LogP contribution in [0, 0.1) is 3.57 Å². The van der Waals surface area contributed by atoms with E-state index in [1.807, 2.05) is 29.2 Å². The van der Waals surface area contributed by atoms with Gasteiger partial charge in [-0.25, -0.2) is 0 Å². The van der Waals surface area contributed by atoms with Gasteiger partial charge in [-0.3, -0.25) is 4.79 Å². The molecule has 0 bridgehead atoms. The molecule has 1 aromatic carbocycles. The molecular formula is C18H19IN4O. The van der Waals surface area contributed by atoms with E-state index < -0.39 is 0 Å². The molecule has 1 fully saturated rings. The van der Waals surface area contributed by atoms with Crippen LogP contribution in [0.5, 0.6) is 0 Å². The van der Waals surface area contributed by atoms with E-state index in [-0.39, 0.29) is 5.91 Å². The Bertz CT molecular complexity index is 771. The number of halogens is 1. The van der Waals surface area contributed by atoms with Crippen molar-refractivity contribution in [3.63, 3.8) is 0 Å². The lowest BCUT2D eigenvalue weighted by molar-refractivity contribution is 0.0746. The zero-order valence-corrected chi connectivity index (χ0v) is 15.6. The molecule has 2 aliphatic rings. The Labute approximate surface area is 155 Å². The summed E-state index contributed by atoms with van der Waals surface area (Å²) in [6, 6.07) is 9.96. The van der Waals surface area contributed by atoms with E-state index in [0.29, 0.717) is 0 Å². The van der Waals surface area contributed by atoms with Crippen LogP contribution >= 0.6 is 22.6 Å². The molecule has 24 heavy (non-hydrogen) atoms. The molecule has 0 N–H and O–H groups in total. The second-order valence-electron chi connectivity index (χ2n) is 6.32. The first-order chi connectivity index (χ1) is 11.7. The standard InChI is InChI=1S/C18H19IN4O/c19-15-5-1-4-14(11-15)18(24)23-9-7-22(8-10-23)17-12-13-3-2-6-16(13)20-21-17/h1,4-5,11-12H,2-3,6-10H2. The molecule has 5 nitrogen and oxygen atoms in total. The smallest absolute Gasteiger partial charge is 0.254 e. The molecular weight excluding hydrogens is 415 g/mol. The van der Waals surface area contributed by atoms with Crippen LogP contribution in [0.25, 0.3) is 0 Å². The maximum Gasteiger partial charge on any atom is 0.254 e. The maximum atomic E-state index is 12.6. The van der Waals surface area contributed by atoms with Crippen molar-refractivity contribution in [1.29, 1.82) is 0 Å². The maximum absolute atomic E-state index is 12.6. The monoisotopic (exact) mass is 434 g/mol. The first-order valence-corrected chi connectivity index (χ1v) is 9.44. The van der Waals surface area contributed by atoms with Crippen LogP contribution in [0.4, 0.5) is 5.82 Å². The van der Waals surface area contributed by atoms with E-state index in [0.717, 1.165) is 59.7 Å². The number of amides is 1. The van der Waals surface area contributed by atoms with E-state index in [1.165, 1.54) is 12.0 Å². The van der Waals surface area contributed by atoms with Gasteiger partial charge in [-0.05, 0) is 71.7 Å². The average molecular weight is 434 g/mol. The third-order valence-electron chi connectivity index (χ3n) is 4.77. The molecule has 1 saturated heterocycles. The second kappa shape index (κ2) is 6.66. The summed E-state index contributed by atoms with van der Waals surface area (Å²) < 4.78 is 1.09. The summed E-state index contributed by atoms with van der Waals surface area (Å²) in [6.07, 6.45) is 3.36. The number of fused-ring (bicyclic) bond motifs is 1. The van der Waals surface area contributed by atoms with E-state index >= 15 is 0 Å². The Hall–Kier alpha value is -1.70. The quantitative estimate of drug-likeness (QED) is 0.682. The predicted molar refractivity (Wildman–Crippen MR) is 101 cm³/mol. The lowest BCUT2D eigenvalue weighted by Crippen LogP contribution is -2.49. The molecule has 1 aliphatic carbocycles. The van der Waals surface area contributed by atoms with Crippen molar-refractivity contribution in [3.8, 4) is 0 Å². The lowest BCUT2D eigenvalue weighted by Gasteiger charge is -2.35. The van der Waals surface area contributed by atoms with Crippen LogP contribution in [0.3, 0.4) is 0 Å². The third kappa shape index (κ3) is 3.11. The van der Waals surface area contributed by atoms with Gasteiger partial charge in [-0.15, -0.1) is 5.10 Å². The highest BCUT2D eigenvalue weighted by Gasteiger charge is 2.24. The number of hydrogen-bond acceptors (Lipinski definition) is 4. The Morgan fingerprint density at radius 1 is 1.04 bits per heavy atom. The van der Waals surface area contributed by atoms with Crippen molar-refractivity contribution >= 4 is 34.3 Å². The fraction of sp³-hybridized carbons (Fsp3) is 0.389. The minimum Gasteiger partial charge on any atom is -0.352 e. The van der Waals surface area contributed by atoms with Crippen molar-refractivity contribution < 1.29 is 4.79 Å². The minimum atomic E-state index is 0.119. The molecule has 0 spiro atoms. The van der Waals surface area contributed by atoms with Gasteiger partial charge in [0, 0.05) is 35.3 Å². The Balaban J connectivity index is 1.42. The molecule has 2 heterocycles. The molecule has 124 valence electrons. The van der Waals surface area contributed by atoms with Gasteiger partial charge in [0.15, 0.2) is 5.82 Å². The number of hydrogen-bond donors (Lipinski definition) is 0. The highest BCUT2D eigenvalue weighted by molar-refractivity contribution is 14.1. The second-order valence-corrected chi connectivity index (χ2v) is 7.56. The Morgan fingerprint density at radius 3 is 2.67 bits per heavy atom.